The molecule has 11 heavy (non-hydrogen) atoms. The van der Waals surface area contributed by atoms with Crippen LogP contribution in [0.3, 0.4) is 0 Å². The molecule has 0 bridgehead atoms. The molecule has 4 N–H and O–H groups in total. The number of hydrogen-bond donors (Lipinski definition) is 2. The molecule has 0 saturated carbocycles. The molecule has 0 aromatic heterocycles. The third-order valence-corrected chi connectivity index (χ3v) is 1.26. The number of hydrogen-bond acceptors (Lipinski definition) is 3. The zero-order valence-electron chi connectivity index (χ0n) is 6.20. The maximum atomic E-state index is 5.52. The highest BCUT2D eigenvalue weighted by atomic mass is 35.5. The fraction of sp³-hybridized carbons (Fsp3) is 0.143. The summed E-state index contributed by atoms with van der Waals surface area (Å²) in [5.74, 6) is 0.625. The van der Waals surface area contributed by atoms with Gasteiger partial charge in [-0.1, -0.05) is 0 Å². The van der Waals surface area contributed by atoms with Gasteiger partial charge in [0.15, 0.2) is 0 Å². The van der Waals surface area contributed by atoms with E-state index in [2.05, 4.69) is 0 Å². The van der Waals surface area contributed by atoms with Gasteiger partial charge in [0.25, 0.3) is 0 Å². The van der Waals surface area contributed by atoms with Gasteiger partial charge in [-0.3, -0.25) is 0 Å². The second-order valence-corrected chi connectivity index (χ2v) is 2.00. The Morgan fingerprint density at radius 3 is 2.36 bits per heavy atom. The molecule has 0 fully saturated rings. The Kier molecular flexibility index (Phi) is 3.54. The number of nitrogen functional groups attached to an aromatic ring is 2. The maximum Gasteiger partial charge on any atom is 0.143 e. The lowest BCUT2D eigenvalue weighted by Gasteiger charge is -2.03. The summed E-state index contributed by atoms with van der Waals surface area (Å²) in [5, 5.41) is 0. The van der Waals surface area contributed by atoms with Gasteiger partial charge >= 0.3 is 0 Å². The minimum atomic E-state index is 0. The summed E-state index contributed by atoms with van der Waals surface area (Å²) < 4.78 is 4.92. The molecule has 0 radical (unpaired) electrons. The Morgan fingerprint density at radius 1 is 1.27 bits per heavy atom. The van der Waals surface area contributed by atoms with E-state index in [1.165, 1.54) is 0 Å². The number of rotatable bonds is 1. The van der Waals surface area contributed by atoms with E-state index in [-0.39, 0.29) is 12.4 Å². The zero-order valence-corrected chi connectivity index (χ0v) is 7.02. The van der Waals surface area contributed by atoms with Crippen molar-refractivity contribution in [2.75, 3.05) is 18.6 Å². The van der Waals surface area contributed by atoms with Gasteiger partial charge in [-0.05, 0) is 12.1 Å². The van der Waals surface area contributed by atoms with Gasteiger partial charge in [-0.15, -0.1) is 12.4 Å². The molecule has 0 aliphatic rings. The quantitative estimate of drug-likeness (QED) is 0.631. The van der Waals surface area contributed by atoms with Crippen LogP contribution in [0.4, 0.5) is 11.4 Å². The van der Waals surface area contributed by atoms with Crippen LogP contribution in [-0.2, 0) is 0 Å². The Hall–Kier alpha value is -1.09. The van der Waals surface area contributed by atoms with Crippen LogP contribution in [0.25, 0.3) is 0 Å². The van der Waals surface area contributed by atoms with Gasteiger partial charge in [0.2, 0.25) is 0 Å². The van der Waals surface area contributed by atoms with Crippen molar-refractivity contribution in [3.63, 3.8) is 0 Å². The standard InChI is InChI=1S/C7H10N2O.ClH/c1-10-7-4-5(8)2-3-6(7)9;/h2-4H,8-9H2,1H3;1H. The third kappa shape index (κ3) is 2.20. The summed E-state index contributed by atoms with van der Waals surface area (Å²) in [6, 6.07) is 5.14. The van der Waals surface area contributed by atoms with Crippen molar-refractivity contribution >= 4 is 23.8 Å². The highest BCUT2D eigenvalue weighted by Crippen LogP contribution is 2.22. The molecule has 0 spiro atoms. The highest BCUT2D eigenvalue weighted by Gasteiger charge is 1.96. The van der Waals surface area contributed by atoms with Gasteiger partial charge in [0.05, 0.1) is 12.8 Å². The van der Waals surface area contributed by atoms with E-state index < -0.39 is 0 Å². The van der Waals surface area contributed by atoms with E-state index in [1.807, 2.05) is 0 Å². The number of benzene rings is 1. The van der Waals surface area contributed by atoms with Crippen LogP contribution in [0.15, 0.2) is 18.2 Å². The van der Waals surface area contributed by atoms with Gasteiger partial charge in [0.1, 0.15) is 5.75 Å². The molecule has 0 aliphatic carbocycles. The largest absolute Gasteiger partial charge is 0.495 e. The molecule has 62 valence electrons. The average molecular weight is 175 g/mol. The second kappa shape index (κ2) is 3.93. The lowest BCUT2D eigenvalue weighted by atomic mass is 10.3. The topological polar surface area (TPSA) is 61.3 Å². The number of nitrogens with two attached hydrogens (primary N) is 2. The monoisotopic (exact) mass is 174 g/mol. The van der Waals surface area contributed by atoms with Gasteiger partial charge < -0.3 is 16.2 Å². The highest BCUT2D eigenvalue weighted by molar-refractivity contribution is 5.85. The van der Waals surface area contributed by atoms with Crippen molar-refractivity contribution in [3.8, 4) is 5.75 Å². The molecular formula is C7H11ClN2O. The first-order valence-corrected chi connectivity index (χ1v) is 2.93. The van der Waals surface area contributed by atoms with Crippen LogP contribution < -0.4 is 16.2 Å². The second-order valence-electron chi connectivity index (χ2n) is 2.00. The van der Waals surface area contributed by atoms with Crippen LogP contribution in [-0.4, -0.2) is 7.11 Å². The molecule has 0 aliphatic heterocycles. The smallest absolute Gasteiger partial charge is 0.143 e. The minimum absolute atomic E-state index is 0. The first-order valence-electron chi connectivity index (χ1n) is 2.93. The van der Waals surface area contributed by atoms with Gasteiger partial charge in [0, 0.05) is 11.8 Å². The van der Waals surface area contributed by atoms with Crippen molar-refractivity contribution < 1.29 is 4.74 Å². The molecule has 0 amide bonds. The Labute approximate surface area is 71.7 Å². The van der Waals surface area contributed by atoms with E-state index in [4.69, 9.17) is 16.2 Å². The Morgan fingerprint density at radius 2 is 1.91 bits per heavy atom. The summed E-state index contributed by atoms with van der Waals surface area (Å²) in [5.41, 5.74) is 12.3. The molecule has 0 unspecified atom stereocenters. The first-order chi connectivity index (χ1) is 4.74. The van der Waals surface area contributed by atoms with Crippen LogP contribution in [0, 0.1) is 0 Å². The first kappa shape index (κ1) is 9.91. The van der Waals surface area contributed by atoms with E-state index in [1.54, 1.807) is 25.3 Å². The summed E-state index contributed by atoms with van der Waals surface area (Å²) in [6.07, 6.45) is 0. The fourth-order valence-corrected chi connectivity index (χ4v) is 0.728. The van der Waals surface area contributed by atoms with Crippen LogP contribution >= 0.6 is 12.4 Å². The van der Waals surface area contributed by atoms with Crippen molar-refractivity contribution in [1.82, 2.24) is 0 Å². The predicted molar refractivity (Wildman–Crippen MR) is 49.1 cm³/mol. The molecule has 4 heteroatoms. The maximum absolute atomic E-state index is 5.52. The van der Waals surface area contributed by atoms with Crippen LogP contribution in [0.1, 0.15) is 0 Å². The zero-order chi connectivity index (χ0) is 7.56. The van der Waals surface area contributed by atoms with Crippen LogP contribution in [0.5, 0.6) is 5.75 Å². The molecular weight excluding hydrogens is 164 g/mol. The molecule has 1 rings (SSSR count). The van der Waals surface area contributed by atoms with Gasteiger partial charge in [-0.25, -0.2) is 0 Å². The van der Waals surface area contributed by atoms with Crippen molar-refractivity contribution in [3.05, 3.63) is 18.2 Å². The average Bonchev–Trinajstić information content (AvgIpc) is 1.94. The molecule has 0 atom stereocenters. The van der Waals surface area contributed by atoms with E-state index in [0.29, 0.717) is 17.1 Å². The number of halogens is 1. The number of methoxy groups -OCH3 is 1. The Balaban J connectivity index is 0.000001000. The van der Waals surface area contributed by atoms with Crippen molar-refractivity contribution in [2.45, 2.75) is 0 Å². The lowest BCUT2D eigenvalue weighted by Crippen LogP contribution is -1.93. The summed E-state index contributed by atoms with van der Waals surface area (Å²) in [7, 11) is 1.56. The summed E-state index contributed by atoms with van der Waals surface area (Å²) in [6.45, 7) is 0. The molecule has 3 nitrogen and oxygen atoms in total. The Bertz CT molecular complexity index is 240. The van der Waals surface area contributed by atoms with E-state index >= 15 is 0 Å². The number of anilines is 2. The fourth-order valence-electron chi connectivity index (χ4n) is 0.728. The SMILES string of the molecule is COc1cc(N)ccc1N.Cl. The molecule has 1 aromatic rings. The predicted octanol–water partition coefficient (Wildman–Crippen LogP) is 1.28. The normalized spacial score (nSPS) is 8.45. The summed E-state index contributed by atoms with van der Waals surface area (Å²) in [4.78, 5) is 0. The van der Waals surface area contributed by atoms with Gasteiger partial charge in [-0.2, -0.15) is 0 Å². The summed E-state index contributed by atoms with van der Waals surface area (Å²) >= 11 is 0. The van der Waals surface area contributed by atoms with Crippen LogP contribution in [0.2, 0.25) is 0 Å². The lowest BCUT2D eigenvalue weighted by molar-refractivity contribution is 0.417. The third-order valence-electron chi connectivity index (χ3n) is 1.26. The van der Waals surface area contributed by atoms with E-state index in [0.717, 1.165) is 0 Å². The number of ether oxygens (including phenoxy) is 1. The minimum Gasteiger partial charge on any atom is -0.495 e. The molecule has 0 saturated heterocycles. The van der Waals surface area contributed by atoms with E-state index in [9.17, 15) is 0 Å². The molecule has 0 heterocycles. The molecule has 1 aromatic carbocycles. The van der Waals surface area contributed by atoms with Crippen molar-refractivity contribution in [2.24, 2.45) is 0 Å². The van der Waals surface area contributed by atoms with Crippen molar-refractivity contribution in [1.29, 1.82) is 0 Å².